The number of pyridine rings is 1. The van der Waals surface area contributed by atoms with E-state index in [9.17, 15) is 0 Å². The van der Waals surface area contributed by atoms with Gasteiger partial charge in [-0.25, -0.2) is 9.97 Å². The van der Waals surface area contributed by atoms with E-state index in [1.165, 1.54) is 0 Å². The average molecular weight is 267 g/mol. The van der Waals surface area contributed by atoms with Crippen LogP contribution in [-0.4, -0.2) is 29.2 Å². The monoisotopic (exact) mass is 267 g/mol. The number of ether oxygens (including phenoxy) is 2. The van der Waals surface area contributed by atoms with Crippen LogP contribution in [0, 0.1) is 0 Å². The summed E-state index contributed by atoms with van der Waals surface area (Å²) in [4.78, 5) is 13.1. The summed E-state index contributed by atoms with van der Waals surface area (Å²) in [5.41, 5.74) is 1.61. The zero-order valence-electron chi connectivity index (χ0n) is 11.2. The van der Waals surface area contributed by atoms with E-state index in [0.717, 1.165) is 16.5 Å². The lowest BCUT2D eigenvalue weighted by atomic mass is 10.1. The Balaban J connectivity index is 2.22. The summed E-state index contributed by atoms with van der Waals surface area (Å²) in [6, 6.07) is 11.5. The van der Waals surface area contributed by atoms with E-state index >= 15 is 0 Å². The van der Waals surface area contributed by atoms with Gasteiger partial charge in [-0.05, 0) is 12.1 Å². The molecule has 5 nitrogen and oxygen atoms in total. The van der Waals surface area contributed by atoms with Crippen LogP contribution in [0.4, 0.5) is 0 Å². The molecule has 2 aromatic heterocycles. The minimum absolute atomic E-state index is 0.497. The molecule has 0 unspecified atom stereocenters. The van der Waals surface area contributed by atoms with E-state index in [-0.39, 0.29) is 0 Å². The standard InChI is InChI=1S/C15H13N3O2/c1-19-13-7-8-16-14(18-13)11-9-10-5-3-4-6-12(10)17-15(11)20-2/h3-9H,1-2H3. The van der Waals surface area contributed by atoms with E-state index in [1.807, 2.05) is 30.3 Å². The molecule has 0 aliphatic rings. The Hall–Kier alpha value is -2.69. The zero-order chi connectivity index (χ0) is 13.9. The molecule has 0 N–H and O–H groups in total. The lowest BCUT2D eigenvalue weighted by molar-refractivity contribution is 0.395. The molecule has 20 heavy (non-hydrogen) atoms. The van der Waals surface area contributed by atoms with Crippen LogP contribution in [0.25, 0.3) is 22.3 Å². The average Bonchev–Trinajstić information content (AvgIpc) is 2.53. The van der Waals surface area contributed by atoms with Crippen molar-refractivity contribution in [3.8, 4) is 23.1 Å². The molecule has 0 radical (unpaired) electrons. The molecule has 0 spiro atoms. The Morgan fingerprint density at radius 3 is 2.60 bits per heavy atom. The number of rotatable bonds is 3. The predicted octanol–water partition coefficient (Wildman–Crippen LogP) is 2.71. The first kappa shape index (κ1) is 12.3. The zero-order valence-corrected chi connectivity index (χ0v) is 11.2. The number of nitrogens with zero attached hydrogens (tertiary/aromatic N) is 3. The molecule has 0 aliphatic heterocycles. The fourth-order valence-corrected chi connectivity index (χ4v) is 2.00. The van der Waals surface area contributed by atoms with Crippen molar-refractivity contribution in [1.82, 2.24) is 15.0 Å². The molecule has 0 bridgehead atoms. The highest BCUT2D eigenvalue weighted by Gasteiger charge is 2.12. The van der Waals surface area contributed by atoms with E-state index in [4.69, 9.17) is 9.47 Å². The first-order chi connectivity index (χ1) is 9.81. The Morgan fingerprint density at radius 1 is 0.950 bits per heavy atom. The van der Waals surface area contributed by atoms with E-state index in [2.05, 4.69) is 15.0 Å². The first-order valence-corrected chi connectivity index (χ1v) is 6.13. The molecule has 3 aromatic rings. The van der Waals surface area contributed by atoms with E-state index in [1.54, 1.807) is 26.5 Å². The number of hydrogen-bond donors (Lipinski definition) is 0. The molecule has 0 aliphatic carbocycles. The summed E-state index contributed by atoms with van der Waals surface area (Å²) in [6.07, 6.45) is 1.65. The van der Waals surface area contributed by atoms with Crippen LogP contribution >= 0.6 is 0 Å². The first-order valence-electron chi connectivity index (χ1n) is 6.13. The number of benzene rings is 1. The molecule has 100 valence electrons. The van der Waals surface area contributed by atoms with Gasteiger partial charge in [0.05, 0.1) is 25.3 Å². The van der Waals surface area contributed by atoms with Crippen molar-refractivity contribution in [3.05, 3.63) is 42.6 Å². The Bertz CT molecular complexity index is 759. The largest absolute Gasteiger partial charge is 0.481 e. The number of para-hydroxylation sites is 1. The third kappa shape index (κ3) is 2.14. The van der Waals surface area contributed by atoms with Gasteiger partial charge in [-0.3, -0.25) is 0 Å². The van der Waals surface area contributed by atoms with Crippen LogP contribution < -0.4 is 9.47 Å². The Kier molecular flexibility index (Phi) is 3.16. The second kappa shape index (κ2) is 5.13. The second-order valence-corrected chi connectivity index (χ2v) is 4.16. The molecule has 0 fully saturated rings. The predicted molar refractivity (Wildman–Crippen MR) is 75.9 cm³/mol. The van der Waals surface area contributed by atoms with Gasteiger partial charge in [0, 0.05) is 17.6 Å². The molecule has 0 saturated heterocycles. The van der Waals surface area contributed by atoms with Gasteiger partial charge in [-0.1, -0.05) is 18.2 Å². The van der Waals surface area contributed by atoms with Crippen molar-refractivity contribution in [2.24, 2.45) is 0 Å². The maximum Gasteiger partial charge on any atom is 0.224 e. The lowest BCUT2D eigenvalue weighted by Crippen LogP contribution is -1.97. The van der Waals surface area contributed by atoms with E-state index < -0.39 is 0 Å². The highest BCUT2D eigenvalue weighted by Crippen LogP contribution is 2.29. The quantitative estimate of drug-likeness (QED) is 0.730. The minimum atomic E-state index is 0.497. The Labute approximate surface area is 116 Å². The minimum Gasteiger partial charge on any atom is -0.481 e. The molecular formula is C15H13N3O2. The number of methoxy groups -OCH3 is 2. The Morgan fingerprint density at radius 2 is 1.80 bits per heavy atom. The summed E-state index contributed by atoms with van der Waals surface area (Å²) in [6.45, 7) is 0. The van der Waals surface area contributed by atoms with Crippen molar-refractivity contribution >= 4 is 10.9 Å². The highest BCUT2D eigenvalue weighted by atomic mass is 16.5. The SMILES string of the molecule is COc1ccnc(-c2cc3ccccc3nc2OC)n1. The van der Waals surface area contributed by atoms with Crippen LogP contribution in [0.5, 0.6) is 11.8 Å². The van der Waals surface area contributed by atoms with Gasteiger partial charge in [0.25, 0.3) is 0 Å². The molecule has 2 heterocycles. The van der Waals surface area contributed by atoms with Gasteiger partial charge >= 0.3 is 0 Å². The van der Waals surface area contributed by atoms with Crippen molar-refractivity contribution in [2.75, 3.05) is 14.2 Å². The van der Waals surface area contributed by atoms with Gasteiger partial charge < -0.3 is 9.47 Å². The molecular weight excluding hydrogens is 254 g/mol. The molecule has 0 atom stereocenters. The third-order valence-electron chi connectivity index (χ3n) is 2.96. The molecule has 3 rings (SSSR count). The summed E-state index contributed by atoms with van der Waals surface area (Å²) in [7, 11) is 3.16. The molecule has 0 saturated carbocycles. The van der Waals surface area contributed by atoms with Crippen LogP contribution in [0.15, 0.2) is 42.6 Å². The van der Waals surface area contributed by atoms with Gasteiger partial charge in [0.2, 0.25) is 11.8 Å². The highest BCUT2D eigenvalue weighted by molar-refractivity contribution is 5.84. The van der Waals surface area contributed by atoms with Gasteiger partial charge in [0.1, 0.15) is 0 Å². The van der Waals surface area contributed by atoms with Crippen molar-refractivity contribution in [1.29, 1.82) is 0 Å². The smallest absolute Gasteiger partial charge is 0.224 e. The van der Waals surface area contributed by atoms with Crippen LogP contribution in [0.2, 0.25) is 0 Å². The molecule has 5 heteroatoms. The van der Waals surface area contributed by atoms with Crippen molar-refractivity contribution < 1.29 is 9.47 Å². The normalized spacial score (nSPS) is 10.5. The lowest BCUT2D eigenvalue weighted by Gasteiger charge is -2.09. The number of aromatic nitrogens is 3. The van der Waals surface area contributed by atoms with Crippen LogP contribution in [0.3, 0.4) is 0 Å². The molecule has 0 amide bonds. The number of hydrogen-bond acceptors (Lipinski definition) is 5. The van der Waals surface area contributed by atoms with Gasteiger partial charge in [0.15, 0.2) is 5.82 Å². The fourth-order valence-electron chi connectivity index (χ4n) is 2.00. The van der Waals surface area contributed by atoms with Gasteiger partial charge in [-0.2, -0.15) is 4.98 Å². The maximum atomic E-state index is 5.35. The summed E-state index contributed by atoms with van der Waals surface area (Å²) in [5.74, 6) is 1.53. The summed E-state index contributed by atoms with van der Waals surface area (Å²) in [5, 5.41) is 1.01. The summed E-state index contributed by atoms with van der Waals surface area (Å²) >= 11 is 0. The third-order valence-corrected chi connectivity index (χ3v) is 2.96. The second-order valence-electron chi connectivity index (χ2n) is 4.16. The van der Waals surface area contributed by atoms with Crippen LogP contribution in [-0.2, 0) is 0 Å². The molecule has 1 aromatic carbocycles. The van der Waals surface area contributed by atoms with Crippen molar-refractivity contribution in [2.45, 2.75) is 0 Å². The topological polar surface area (TPSA) is 57.1 Å². The maximum absolute atomic E-state index is 5.35. The van der Waals surface area contributed by atoms with Crippen LogP contribution in [0.1, 0.15) is 0 Å². The fraction of sp³-hybridized carbons (Fsp3) is 0.133. The van der Waals surface area contributed by atoms with Gasteiger partial charge in [-0.15, -0.1) is 0 Å². The van der Waals surface area contributed by atoms with Crippen molar-refractivity contribution in [3.63, 3.8) is 0 Å². The number of fused-ring (bicyclic) bond motifs is 1. The summed E-state index contributed by atoms with van der Waals surface area (Å²) < 4.78 is 10.5. The van der Waals surface area contributed by atoms with E-state index in [0.29, 0.717) is 17.6 Å².